The summed E-state index contributed by atoms with van der Waals surface area (Å²) in [5.74, 6) is 0.0930. The van der Waals surface area contributed by atoms with Crippen molar-refractivity contribution in [3.63, 3.8) is 0 Å². The molecule has 1 unspecified atom stereocenters. The number of likely N-dealkylation sites (tertiary alicyclic amines) is 1. The molecule has 2 N–H and O–H groups in total. The molecular formula is C24H31N3O4S2. The van der Waals surface area contributed by atoms with Crippen LogP contribution in [0.1, 0.15) is 63.6 Å². The molecule has 3 heterocycles. The van der Waals surface area contributed by atoms with Gasteiger partial charge in [0.25, 0.3) is 5.91 Å². The van der Waals surface area contributed by atoms with Crippen LogP contribution in [0.4, 0.5) is 5.00 Å². The average Bonchev–Trinajstić information content (AvgIpc) is 3.43. The first-order valence-electron chi connectivity index (χ1n) is 11.6. The molecule has 1 saturated heterocycles. The van der Waals surface area contributed by atoms with Crippen molar-refractivity contribution in [2.45, 2.75) is 52.0 Å². The number of hydrogen-bond acceptors (Lipinski definition) is 7. The van der Waals surface area contributed by atoms with Gasteiger partial charge in [-0.15, -0.1) is 22.7 Å². The van der Waals surface area contributed by atoms with Gasteiger partial charge in [-0.1, -0.05) is 13.0 Å². The maximum absolute atomic E-state index is 12.8. The molecule has 2 amide bonds. The Hall–Kier alpha value is -2.23. The van der Waals surface area contributed by atoms with Gasteiger partial charge in [0, 0.05) is 24.0 Å². The fourth-order valence-corrected chi connectivity index (χ4v) is 6.57. The number of ether oxygens (including phenoxy) is 1. The van der Waals surface area contributed by atoms with Crippen molar-refractivity contribution in [2.75, 3.05) is 31.6 Å². The Morgan fingerprint density at radius 1 is 1.21 bits per heavy atom. The SMILES string of the molecule is CCOC(=O)c1c(NC(=O)CN2CCC(NC(=O)c3cccs3)CC2)sc2c1CCC(C)C2. The first-order chi connectivity index (χ1) is 15.9. The van der Waals surface area contributed by atoms with Gasteiger partial charge in [0.2, 0.25) is 5.91 Å². The molecule has 4 rings (SSSR count). The number of nitrogens with one attached hydrogen (secondary N) is 2. The first-order valence-corrected chi connectivity index (χ1v) is 13.3. The zero-order valence-electron chi connectivity index (χ0n) is 19.1. The van der Waals surface area contributed by atoms with E-state index in [9.17, 15) is 14.4 Å². The summed E-state index contributed by atoms with van der Waals surface area (Å²) in [6.45, 7) is 6.08. The van der Waals surface area contributed by atoms with E-state index in [0.717, 1.165) is 55.6 Å². The van der Waals surface area contributed by atoms with Gasteiger partial charge < -0.3 is 15.4 Å². The molecule has 1 atom stereocenters. The Balaban J connectivity index is 1.33. The molecular weight excluding hydrogens is 458 g/mol. The molecule has 0 spiro atoms. The highest BCUT2D eigenvalue weighted by Gasteiger charge is 2.30. The van der Waals surface area contributed by atoms with Crippen molar-refractivity contribution >= 4 is 45.5 Å². The van der Waals surface area contributed by atoms with Crippen LogP contribution in [0.3, 0.4) is 0 Å². The number of thiophene rings is 2. The van der Waals surface area contributed by atoms with E-state index < -0.39 is 0 Å². The normalized spacial score (nSPS) is 19.0. The summed E-state index contributed by atoms with van der Waals surface area (Å²) >= 11 is 2.96. The molecule has 1 fully saturated rings. The van der Waals surface area contributed by atoms with Crippen LogP contribution in [0.25, 0.3) is 0 Å². The van der Waals surface area contributed by atoms with Crippen LogP contribution >= 0.6 is 22.7 Å². The molecule has 7 nitrogen and oxygen atoms in total. The van der Waals surface area contributed by atoms with E-state index in [4.69, 9.17) is 4.74 Å². The number of rotatable bonds is 7. The molecule has 1 aliphatic heterocycles. The van der Waals surface area contributed by atoms with Gasteiger partial charge in [0.1, 0.15) is 5.00 Å². The maximum Gasteiger partial charge on any atom is 0.341 e. The highest BCUT2D eigenvalue weighted by Crippen LogP contribution is 2.40. The lowest BCUT2D eigenvalue weighted by molar-refractivity contribution is -0.117. The van der Waals surface area contributed by atoms with E-state index >= 15 is 0 Å². The van der Waals surface area contributed by atoms with Crippen LogP contribution in [0.2, 0.25) is 0 Å². The fourth-order valence-electron chi connectivity index (χ4n) is 4.53. The van der Waals surface area contributed by atoms with Gasteiger partial charge in [-0.05, 0) is 62.0 Å². The second-order valence-corrected chi connectivity index (χ2v) is 10.9. The number of carbonyl (C=O) groups is 3. The molecule has 1 aliphatic carbocycles. The zero-order valence-corrected chi connectivity index (χ0v) is 20.8. The summed E-state index contributed by atoms with van der Waals surface area (Å²) in [6, 6.07) is 3.83. The molecule has 0 aromatic carbocycles. The summed E-state index contributed by atoms with van der Waals surface area (Å²) in [7, 11) is 0. The summed E-state index contributed by atoms with van der Waals surface area (Å²) in [4.78, 5) is 41.8. The Labute approximate surface area is 202 Å². The lowest BCUT2D eigenvalue weighted by Crippen LogP contribution is -2.46. The van der Waals surface area contributed by atoms with Gasteiger partial charge in [0.15, 0.2) is 0 Å². The van der Waals surface area contributed by atoms with Crippen LogP contribution in [0.15, 0.2) is 17.5 Å². The van der Waals surface area contributed by atoms with Gasteiger partial charge in [0.05, 0.1) is 23.6 Å². The van der Waals surface area contributed by atoms with E-state index in [2.05, 4.69) is 22.5 Å². The minimum absolute atomic E-state index is 0.0244. The quantitative estimate of drug-likeness (QED) is 0.575. The van der Waals surface area contributed by atoms with Gasteiger partial charge >= 0.3 is 5.97 Å². The Morgan fingerprint density at radius 3 is 2.70 bits per heavy atom. The Kier molecular flexibility index (Phi) is 7.82. The number of fused-ring (bicyclic) bond motifs is 1. The minimum atomic E-state index is -0.345. The van der Waals surface area contributed by atoms with Crippen LogP contribution < -0.4 is 10.6 Å². The van der Waals surface area contributed by atoms with Crippen LogP contribution in [0, 0.1) is 5.92 Å². The highest BCUT2D eigenvalue weighted by atomic mass is 32.1. The van der Waals surface area contributed by atoms with Crippen molar-refractivity contribution in [3.05, 3.63) is 38.4 Å². The van der Waals surface area contributed by atoms with Crippen molar-refractivity contribution in [2.24, 2.45) is 5.92 Å². The van der Waals surface area contributed by atoms with Crippen LogP contribution in [0.5, 0.6) is 0 Å². The molecule has 178 valence electrons. The number of piperidine rings is 1. The summed E-state index contributed by atoms with van der Waals surface area (Å²) in [6.07, 6.45) is 4.45. The van der Waals surface area contributed by atoms with E-state index in [1.54, 1.807) is 6.92 Å². The predicted molar refractivity (Wildman–Crippen MR) is 131 cm³/mol. The highest BCUT2D eigenvalue weighted by molar-refractivity contribution is 7.17. The molecule has 0 bridgehead atoms. The fraction of sp³-hybridized carbons (Fsp3) is 0.542. The van der Waals surface area contributed by atoms with Crippen molar-refractivity contribution in [1.82, 2.24) is 10.2 Å². The van der Waals surface area contributed by atoms with Gasteiger partial charge in [-0.3, -0.25) is 14.5 Å². The van der Waals surface area contributed by atoms with E-state index in [1.165, 1.54) is 27.6 Å². The molecule has 33 heavy (non-hydrogen) atoms. The number of hydrogen-bond donors (Lipinski definition) is 2. The number of carbonyl (C=O) groups excluding carboxylic acids is 3. The van der Waals surface area contributed by atoms with E-state index in [-0.39, 0.29) is 30.4 Å². The van der Waals surface area contributed by atoms with E-state index in [0.29, 0.717) is 23.1 Å². The maximum atomic E-state index is 12.8. The first kappa shape index (κ1) is 23.9. The topological polar surface area (TPSA) is 87.7 Å². The summed E-state index contributed by atoms with van der Waals surface area (Å²) in [5, 5.41) is 8.61. The molecule has 2 aliphatic rings. The van der Waals surface area contributed by atoms with Crippen LogP contribution in [-0.4, -0.2) is 55.0 Å². The molecule has 9 heteroatoms. The summed E-state index contributed by atoms with van der Waals surface area (Å²) in [5.41, 5.74) is 1.60. The number of anilines is 1. The minimum Gasteiger partial charge on any atom is -0.462 e. The second kappa shape index (κ2) is 10.8. The molecule has 0 saturated carbocycles. The molecule has 0 radical (unpaired) electrons. The zero-order chi connectivity index (χ0) is 23.4. The lowest BCUT2D eigenvalue weighted by atomic mass is 9.88. The molecule has 2 aromatic rings. The monoisotopic (exact) mass is 489 g/mol. The number of esters is 1. The Morgan fingerprint density at radius 2 is 2.00 bits per heavy atom. The van der Waals surface area contributed by atoms with Gasteiger partial charge in [-0.25, -0.2) is 4.79 Å². The second-order valence-electron chi connectivity index (χ2n) is 8.83. The third-order valence-electron chi connectivity index (χ3n) is 6.28. The standard InChI is InChI=1S/C24H31N3O4S2/c1-3-31-24(30)21-17-7-6-15(2)13-19(17)33-23(21)26-20(28)14-27-10-8-16(9-11-27)25-22(29)18-5-4-12-32-18/h4-5,12,15-16H,3,6-11,13-14H2,1-2H3,(H,25,29)(H,26,28). The third-order valence-corrected chi connectivity index (χ3v) is 8.32. The van der Waals surface area contributed by atoms with Crippen LogP contribution in [-0.2, 0) is 22.4 Å². The van der Waals surface area contributed by atoms with E-state index in [1.807, 2.05) is 17.5 Å². The Bertz CT molecular complexity index is 994. The lowest BCUT2D eigenvalue weighted by Gasteiger charge is -2.31. The molecule has 2 aromatic heterocycles. The summed E-state index contributed by atoms with van der Waals surface area (Å²) < 4.78 is 5.29. The number of nitrogens with zero attached hydrogens (tertiary/aromatic N) is 1. The third kappa shape index (κ3) is 5.83. The largest absolute Gasteiger partial charge is 0.462 e. The van der Waals surface area contributed by atoms with Crippen molar-refractivity contribution < 1.29 is 19.1 Å². The average molecular weight is 490 g/mol. The smallest absolute Gasteiger partial charge is 0.341 e. The van der Waals surface area contributed by atoms with Gasteiger partial charge in [-0.2, -0.15) is 0 Å². The predicted octanol–water partition coefficient (Wildman–Crippen LogP) is 3.94. The van der Waals surface area contributed by atoms with Crippen molar-refractivity contribution in [1.29, 1.82) is 0 Å². The number of amides is 2. The van der Waals surface area contributed by atoms with Crippen molar-refractivity contribution in [3.8, 4) is 0 Å².